The molecule has 0 bridgehead atoms. The Morgan fingerprint density at radius 2 is 0.774 bits per heavy atom. The van der Waals surface area contributed by atoms with E-state index in [1.165, 1.54) is 18.5 Å². The van der Waals surface area contributed by atoms with Crippen LogP contribution in [-0.2, 0) is 52.1 Å². The van der Waals surface area contributed by atoms with Gasteiger partial charge in [-0.3, -0.25) is 19.7 Å². The molecule has 29 nitrogen and oxygen atoms in total. The molecule has 0 spiro atoms. The number of para-hydroxylation sites is 3. The minimum atomic E-state index is -4.64. The first kappa shape index (κ1) is 115. The summed E-state index contributed by atoms with van der Waals surface area (Å²) in [5.41, 5.74) is 15.1. The third kappa shape index (κ3) is 36.1. The van der Waals surface area contributed by atoms with Crippen LogP contribution < -0.4 is 77.1 Å². The molecule has 6 heterocycles. The summed E-state index contributed by atoms with van der Waals surface area (Å²) in [6, 6.07) is 33.9. The maximum Gasteiger partial charge on any atom is 0.446 e. The Bertz CT molecular complexity index is 5560. The van der Waals surface area contributed by atoms with E-state index in [2.05, 4.69) is 115 Å². The molecule has 0 atom stereocenters. The summed E-state index contributed by atoms with van der Waals surface area (Å²) >= 11 is 24.0. The number of methoxy groups -OCH3 is 3. The Labute approximate surface area is 804 Å². The van der Waals surface area contributed by atoms with E-state index in [0.29, 0.717) is 132 Å². The number of alkyl halides is 3. The predicted molar refractivity (Wildman–Crippen MR) is 549 cm³/mol. The third-order valence-corrected chi connectivity index (χ3v) is 25.4. The second kappa shape index (κ2) is 53.7. The molecule has 0 unspecified atom stereocenters. The Hall–Kier alpha value is -10.4. The Morgan fingerprint density at radius 1 is 0.496 bits per heavy atom. The first-order valence-electron chi connectivity index (χ1n) is 41.5. The standard InChI is InChI=1S/C30H40ClN6O4P.C28H34ClN6O3P.C25H32ClN6O2P.C3H3ClO.C2HF3O.C2H6.4CH4/c1-30(2,3)41-29(38)34-23-16-20(25(40-5)18-24(23)37-14-12-36(4)13-15-37)17-27-32-19-21(31)28(35-27)33-22-10-8-9-11-26(22)42(6,7)39;1-6-27(36)31-22-15-19(24(38-3)17-23(22)35-13-11-34(2)12-14-35)16-26-30-18-20(29)28(33-26)32-21-9-7-8-10-25(21)39(4,5)37;1-31-9-11-32(12-10-31)21-15-22(34-2)17(13-19(21)27)14-24-28-16-18(26)25(30-24)29-20-7-5-6-8-23(20)35(3,4)33;1-2-3(4)5;3-2(4,5)1-6;1-2;;;;/h8-11,16,18-19H,12-15,17H2,1-7H3,(H,34,38)(H,32,33,35);6-10,15,17-18H,1,11-14,16H2,2-5H3,(H,31,36)(H,30,32,33);5-8,13,15-16H,9-12,14,27H2,1-4H3,(H,28,29,30);2H,1H2;1H;1-2H3;4*1H4/i;;;;;1D;;;;. The summed E-state index contributed by atoms with van der Waals surface area (Å²) in [5, 5.41) is 18.3. The number of nitrogens with two attached hydrogens (primary N) is 1. The van der Waals surface area contributed by atoms with Gasteiger partial charge in [0, 0.05) is 150 Å². The van der Waals surface area contributed by atoms with Crippen LogP contribution >= 0.6 is 67.8 Å². The van der Waals surface area contributed by atoms with E-state index in [9.17, 15) is 41.3 Å². The molecule has 7 N–H and O–H groups in total. The van der Waals surface area contributed by atoms with Gasteiger partial charge in [-0.25, -0.2) is 34.7 Å². The van der Waals surface area contributed by atoms with Crippen LogP contribution in [0.3, 0.4) is 0 Å². The number of piperazine rings is 3. The number of ether oxygens (including phenoxy) is 4. The molecule has 12 rings (SSSR count). The minimum Gasteiger partial charge on any atom is -0.496 e. The monoisotopic (exact) mass is 1980 g/mol. The number of allylic oxidation sites excluding steroid dienone is 1. The molecule has 0 saturated carbocycles. The van der Waals surface area contributed by atoms with Gasteiger partial charge in [-0.15, -0.1) is 0 Å². The maximum atomic E-state index is 12.9. The summed E-state index contributed by atoms with van der Waals surface area (Å²) in [5.74, 6) is 4.59. The zero-order valence-electron chi connectivity index (χ0n) is 76.5. The lowest BCUT2D eigenvalue weighted by Gasteiger charge is -2.35. The van der Waals surface area contributed by atoms with Gasteiger partial charge >= 0.3 is 12.3 Å². The number of benzene rings is 6. The first-order valence-corrected chi connectivity index (χ1v) is 50.1. The van der Waals surface area contributed by atoms with Gasteiger partial charge in [0.2, 0.25) is 17.4 Å². The molecule has 3 saturated heterocycles. The molecule has 3 aliphatic rings. The first-order chi connectivity index (χ1) is 61.2. The second-order valence-electron chi connectivity index (χ2n) is 31.9. The highest BCUT2D eigenvalue weighted by Gasteiger charge is 2.30. The van der Waals surface area contributed by atoms with E-state index in [4.69, 9.17) is 82.2 Å². The van der Waals surface area contributed by atoms with Crippen molar-refractivity contribution in [2.45, 2.75) is 95.3 Å². The van der Waals surface area contributed by atoms with Crippen molar-refractivity contribution in [3.05, 3.63) is 202 Å². The van der Waals surface area contributed by atoms with Crippen molar-refractivity contribution in [3.63, 3.8) is 0 Å². The van der Waals surface area contributed by atoms with E-state index in [-0.39, 0.29) is 35.6 Å². The van der Waals surface area contributed by atoms with Crippen molar-refractivity contribution in [1.82, 2.24) is 44.6 Å². The number of aldehydes is 1. The number of nitrogens with one attached hydrogen (secondary N) is 5. The number of amides is 2. The van der Waals surface area contributed by atoms with Gasteiger partial charge < -0.3 is 89.0 Å². The number of hydrogen-bond acceptors (Lipinski definition) is 27. The highest BCUT2D eigenvalue weighted by atomic mass is 35.5. The SMILES string of the molecule is C.C.C.C.C=CC(=O)Cl.C=CC(=O)Nc1cc(Cc2ncc(Cl)c(Nc3ccccc3P(C)(C)=O)n2)c(OC)cc1N1CCN(C)CC1.COc1cc(N2CCN(C)CC2)c(N)cc1Cc1ncc(Cl)c(Nc2ccccc2P(C)(C)=O)n1.COc1cc(N2CCN(C)CC2)c(NC(=O)OC(C)(C)C)cc1Cc1ncc(Cl)c(Nc2ccccc2P(C)(C)=O)n1.O=CC(F)(F)F.[2H]CC. The Balaban J connectivity index is 0.000000476. The number of aromatic nitrogens is 6. The van der Waals surface area contributed by atoms with Crippen LogP contribution in [0.25, 0.3) is 0 Å². The number of nitrogens with zero attached hydrogens (tertiary/aromatic N) is 12. The molecule has 728 valence electrons. The van der Waals surface area contributed by atoms with E-state index in [0.717, 1.165) is 129 Å². The number of halogens is 7. The smallest absolute Gasteiger partial charge is 0.446 e. The van der Waals surface area contributed by atoms with Crippen LogP contribution in [0.5, 0.6) is 17.2 Å². The van der Waals surface area contributed by atoms with Crippen LogP contribution in [0.2, 0.25) is 15.1 Å². The molecule has 0 aliphatic carbocycles. The number of rotatable bonds is 25. The predicted octanol–water partition coefficient (Wildman–Crippen LogP) is 19.7. The van der Waals surface area contributed by atoms with Crippen molar-refractivity contribution in [2.75, 3.05) is 208 Å². The Morgan fingerprint density at radius 3 is 1.05 bits per heavy atom. The van der Waals surface area contributed by atoms with Crippen molar-refractivity contribution >= 4 is 176 Å². The minimum absolute atomic E-state index is 0. The van der Waals surface area contributed by atoms with Gasteiger partial charge in [0.25, 0.3) is 0 Å². The van der Waals surface area contributed by atoms with Gasteiger partial charge in [-0.2, -0.15) is 13.2 Å². The lowest BCUT2D eigenvalue weighted by molar-refractivity contribution is -0.156. The molecule has 9 aromatic rings. The zero-order chi connectivity index (χ0) is 96.2. The molecule has 3 aromatic heterocycles. The lowest BCUT2D eigenvalue weighted by Crippen LogP contribution is -2.44. The molecule has 0 radical (unpaired) electrons. The molecular formula is C94H132Cl4F3N18O11P3. The van der Waals surface area contributed by atoms with Crippen LogP contribution in [-0.4, -0.2) is 241 Å². The van der Waals surface area contributed by atoms with E-state index in [1.807, 2.05) is 130 Å². The average molecular weight is 1980 g/mol. The van der Waals surface area contributed by atoms with Gasteiger partial charge in [0.1, 0.15) is 76.8 Å². The average Bonchev–Trinajstić information content (AvgIpc) is 0.804. The largest absolute Gasteiger partial charge is 0.496 e. The highest BCUT2D eigenvalue weighted by molar-refractivity contribution is 7.71. The summed E-state index contributed by atoms with van der Waals surface area (Å²) in [6.45, 7) is 35.6. The summed E-state index contributed by atoms with van der Waals surface area (Å²) < 4.78 is 98.7. The van der Waals surface area contributed by atoms with E-state index in [1.54, 1.807) is 74.4 Å². The molecule has 3 aliphatic heterocycles. The fourth-order valence-electron chi connectivity index (χ4n) is 13.4. The number of nitrogen functional groups attached to an aromatic ring is 1. The highest BCUT2D eigenvalue weighted by Crippen LogP contribution is 2.44. The van der Waals surface area contributed by atoms with E-state index >= 15 is 0 Å². The van der Waals surface area contributed by atoms with Gasteiger partial charge in [0.05, 0.1) is 91.1 Å². The number of likely N-dealkylation sites (N-methyl/N-ethyl adjacent to an activating group) is 3. The van der Waals surface area contributed by atoms with Crippen LogP contribution in [0.15, 0.2) is 153 Å². The number of hydrogen-bond donors (Lipinski definition) is 6. The summed E-state index contributed by atoms with van der Waals surface area (Å²) in [7, 11) is 3.62. The fraction of sp³-hybridized carbons (Fsp3) is 0.404. The van der Waals surface area contributed by atoms with Gasteiger partial charge in [-0.1, -0.05) is 128 Å². The van der Waals surface area contributed by atoms with Crippen LogP contribution in [0.1, 0.15) is 99.8 Å². The fourth-order valence-corrected chi connectivity index (χ4v) is 17.2. The molecule has 6 aromatic carbocycles. The van der Waals surface area contributed by atoms with Crippen molar-refractivity contribution in [2.24, 2.45) is 0 Å². The quantitative estimate of drug-likeness (QED) is 0.0102. The normalized spacial score (nSPS) is 13.5. The topological polar surface area (TPSA) is 339 Å². The molecule has 133 heavy (non-hydrogen) atoms. The number of anilines is 12. The van der Waals surface area contributed by atoms with Crippen molar-refractivity contribution in [3.8, 4) is 17.2 Å². The maximum absolute atomic E-state index is 12.9. The molecule has 39 heteroatoms. The van der Waals surface area contributed by atoms with Crippen molar-refractivity contribution in [1.29, 1.82) is 0 Å². The third-order valence-electron chi connectivity index (χ3n) is 19.8. The van der Waals surface area contributed by atoms with Crippen molar-refractivity contribution < 1.29 is 66.4 Å². The van der Waals surface area contributed by atoms with Gasteiger partial charge in [-0.05, 0) is 160 Å². The van der Waals surface area contributed by atoms with E-state index < -0.39 is 50.8 Å². The zero-order valence-corrected chi connectivity index (χ0v) is 81.2. The molecule has 2 amide bonds. The number of carbonyl (C=O) groups is 4. The van der Waals surface area contributed by atoms with Crippen LogP contribution in [0.4, 0.5) is 86.6 Å². The lowest BCUT2D eigenvalue weighted by atomic mass is 10.1. The molecular weight excluding hydrogens is 1850 g/mol. The van der Waals surface area contributed by atoms with Gasteiger partial charge in [0.15, 0.2) is 17.5 Å². The summed E-state index contributed by atoms with van der Waals surface area (Å²) in [4.78, 5) is 84.2. The summed E-state index contributed by atoms with van der Waals surface area (Å²) in [6.07, 6.45) is 1.76. The second-order valence-corrected chi connectivity index (χ2v) is 43.0. The Kier molecular flexibility index (Phi) is 46.4. The number of carbonyl (C=O) groups excluding carboxylic acids is 4. The van der Waals surface area contributed by atoms with Crippen LogP contribution in [0, 0.1) is 0 Å². The molecule has 3 fully saturated rings.